The summed E-state index contributed by atoms with van der Waals surface area (Å²) in [5, 5.41) is -1.12. The van der Waals surface area contributed by atoms with Gasteiger partial charge >= 0.3 is 11.9 Å². The number of hydrogen-bond acceptors (Lipinski definition) is 5. The minimum atomic E-state index is -1.12. The van der Waals surface area contributed by atoms with Gasteiger partial charge in [-0.05, 0) is 13.8 Å². The highest BCUT2D eigenvalue weighted by atomic mass is 32.1. The molecule has 0 aliphatic rings. The Morgan fingerprint density at radius 1 is 1.17 bits per heavy atom. The Balaban J connectivity index is 3.91. The van der Waals surface area contributed by atoms with E-state index < -0.39 is 17.2 Å². The van der Waals surface area contributed by atoms with Crippen molar-refractivity contribution in [2.75, 3.05) is 13.2 Å². The molecular weight excluding hydrogens is 180 g/mol. The molecule has 0 aliphatic carbocycles. The minimum Gasteiger partial charge on any atom is -0.465 e. The highest BCUT2D eigenvalue weighted by Gasteiger charge is 2.24. The number of carbonyl (C=O) groups excluding carboxylic acids is 2. The normalized spacial score (nSPS) is 9.67. The van der Waals surface area contributed by atoms with Crippen LogP contribution < -0.4 is 0 Å². The zero-order chi connectivity index (χ0) is 9.56. The topological polar surface area (TPSA) is 52.6 Å². The Morgan fingerprint density at radius 3 is 1.75 bits per heavy atom. The van der Waals surface area contributed by atoms with Gasteiger partial charge in [-0.1, -0.05) is 0 Å². The molecule has 0 rings (SSSR count). The SMILES string of the molecule is CCOC(=O)C(S)C(=O)OCC. The third kappa shape index (κ3) is 3.61. The molecule has 0 heterocycles. The molecule has 0 unspecified atom stereocenters. The van der Waals surface area contributed by atoms with Gasteiger partial charge in [0.1, 0.15) is 0 Å². The standard InChI is InChI=1S/C7H12O4S/c1-3-10-6(8)5(12)7(9)11-4-2/h5,12H,3-4H2,1-2H3. The molecule has 0 N–H and O–H groups in total. The van der Waals surface area contributed by atoms with Gasteiger partial charge in [-0.2, -0.15) is 12.6 Å². The van der Waals surface area contributed by atoms with Crippen LogP contribution in [0.5, 0.6) is 0 Å². The van der Waals surface area contributed by atoms with Crippen LogP contribution in [-0.4, -0.2) is 30.4 Å². The lowest BCUT2D eigenvalue weighted by atomic mass is 10.4. The smallest absolute Gasteiger partial charge is 0.330 e. The third-order valence-corrected chi connectivity index (χ3v) is 1.44. The third-order valence-electron chi connectivity index (χ3n) is 1.02. The minimum absolute atomic E-state index is 0.231. The zero-order valence-electron chi connectivity index (χ0n) is 7.07. The van der Waals surface area contributed by atoms with Crippen molar-refractivity contribution >= 4 is 24.6 Å². The summed E-state index contributed by atoms with van der Waals surface area (Å²) in [5.41, 5.74) is 0. The van der Waals surface area contributed by atoms with E-state index in [0.29, 0.717) is 0 Å². The van der Waals surface area contributed by atoms with Crippen LogP contribution in [0.1, 0.15) is 13.8 Å². The first kappa shape index (κ1) is 11.3. The quantitative estimate of drug-likeness (QED) is 0.398. The summed E-state index contributed by atoms with van der Waals surface area (Å²) in [6.45, 7) is 3.78. The van der Waals surface area contributed by atoms with E-state index >= 15 is 0 Å². The van der Waals surface area contributed by atoms with E-state index in [1.54, 1.807) is 13.8 Å². The van der Waals surface area contributed by atoms with Crippen LogP contribution in [0.2, 0.25) is 0 Å². The van der Waals surface area contributed by atoms with Crippen LogP contribution in [-0.2, 0) is 19.1 Å². The molecule has 0 aromatic heterocycles. The van der Waals surface area contributed by atoms with Crippen molar-refractivity contribution in [3.8, 4) is 0 Å². The van der Waals surface area contributed by atoms with Gasteiger partial charge in [0.2, 0.25) is 0 Å². The molecule has 0 radical (unpaired) electrons. The van der Waals surface area contributed by atoms with Gasteiger partial charge < -0.3 is 9.47 Å². The Kier molecular flexibility index (Phi) is 5.53. The van der Waals surface area contributed by atoms with Gasteiger partial charge in [-0.25, -0.2) is 0 Å². The van der Waals surface area contributed by atoms with Crippen molar-refractivity contribution in [3.63, 3.8) is 0 Å². The van der Waals surface area contributed by atoms with E-state index in [1.807, 2.05) is 0 Å². The molecule has 0 fully saturated rings. The summed E-state index contributed by atoms with van der Waals surface area (Å²) in [7, 11) is 0. The molecule has 4 nitrogen and oxygen atoms in total. The molecule has 0 saturated heterocycles. The molecule has 0 aliphatic heterocycles. The van der Waals surface area contributed by atoms with Crippen LogP contribution in [0, 0.1) is 0 Å². The second kappa shape index (κ2) is 5.88. The fourth-order valence-electron chi connectivity index (χ4n) is 0.539. The van der Waals surface area contributed by atoms with Gasteiger partial charge in [0.05, 0.1) is 13.2 Å². The largest absolute Gasteiger partial charge is 0.465 e. The highest BCUT2D eigenvalue weighted by Crippen LogP contribution is 2.01. The Bertz CT molecular complexity index is 151. The second-order valence-electron chi connectivity index (χ2n) is 1.91. The van der Waals surface area contributed by atoms with E-state index in [0.717, 1.165) is 0 Å². The molecular formula is C7H12O4S. The van der Waals surface area contributed by atoms with Gasteiger partial charge in [0.25, 0.3) is 0 Å². The average Bonchev–Trinajstić information content (AvgIpc) is 2.04. The lowest BCUT2D eigenvalue weighted by Gasteiger charge is -2.07. The predicted molar refractivity (Wildman–Crippen MR) is 46.0 cm³/mol. The first-order chi connectivity index (χ1) is 5.63. The van der Waals surface area contributed by atoms with Gasteiger partial charge in [-0.3, -0.25) is 9.59 Å². The fourth-order valence-corrected chi connectivity index (χ4v) is 0.688. The lowest BCUT2D eigenvalue weighted by molar-refractivity contribution is -0.152. The summed E-state index contributed by atoms with van der Waals surface area (Å²) in [5.74, 6) is -1.33. The maximum Gasteiger partial charge on any atom is 0.330 e. The van der Waals surface area contributed by atoms with Crippen LogP contribution >= 0.6 is 12.6 Å². The highest BCUT2D eigenvalue weighted by molar-refractivity contribution is 7.82. The number of rotatable bonds is 4. The summed E-state index contributed by atoms with van der Waals surface area (Å²) in [6.07, 6.45) is 0. The van der Waals surface area contributed by atoms with E-state index in [1.165, 1.54) is 0 Å². The summed E-state index contributed by atoms with van der Waals surface area (Å²) >= 11 is 3.74. The maximum atomic E-state index is 10.9. The van der Waals surface area contributed by atoms with Crippen LogP contribution in [0.3, 0.4) is 0 Å². The Hall–Kier alpha value is -0.710. The van der Waals surface area contributed by atoms with Crippen molar-refractivity contribution in [2.24, 2.45) is 0 Å². The predicted octanol–water partition coefficient (Wildman–Crippen LogP) is 0.411. The van der Waals surface area contributed by atoms with Gasteiger partial charge in [0.15, 0.2) is 5.25 Å². The molecule has 12 heavy (non-hydrogen) atoms. The fraction of sp³-hybridized carbons (Fsp3) is 0.714. The summed E-state index contributed by atoms with van der Waals surface area (Å²) in [6, 6.07) is 0. The van der Waals surface area contributed by atoms with E-state index in [4.69, 9.17) is 0 Å². The lowest BCUT2D eigenvalue weighted by Crippen LogP contribution is -2.28. The summed E-state index contributed by atoms with van der Waals surface area (Å²) < 4.78 is 9.11. The van der Waals surface area contributed by atoms with Crippen LogP contribution in [0.25, 0.3) is 0 Å². The second-order valence-corrected chi connectivity index (χ2v) is 2.42. The molecule has 5 heteroatoms. The van der Waals surface area contributed by atoms with Crippen LogP contribution in [0.4, 0.5) is 0 Å². The molecule has 0 aromatic carbocycles. The number of hydrogen-bond donors (Lipinski definition) is 1. The molecule has 70 valence electrons. The van der Waals surface area contributed by atoms with Crippen molar-refractivity contribution in [1.82, 2.24) is 0 Å². The van der Waals surface area contributed by atoms with E-state index in [2.05, 4.69) is 22.1 Å². The Labute approximate surface area is 76.6 Å². The molecule has 0 saturated carbocycles. The molecule has 0 bridgehead atoms. The number of carbonyl (C=O) groups is 2. The molecule has 0 atom stereocenters. The van der Waals surface area contributed by atoms with E-state index in [-0.39, 0.29) is 13.2 Å². The Morgan fingerprint density at radius 2 is 1.50 bits per heavy atom. The number of esters is 2. The first-order valence-corrected chi connectivity index (χ1v) is 4.16. The van der Waals surface area contributed by atoms with Crippen LogP contribution in [0.15, 0.2) is 0 Å². The summed E-state index contributed by atoms with van der Waals surface area (Å²) in [4.78, 5) is 21.7. The average molecular weight is 192 g/mol. The molecule has 0 amide bonds. The molecule has 0 aromatic rings. The van der Waals surface area contributed by atoms with Gasteiger partial charge in [0, 0.05) is 0 Å². The van der Waals surface area contributed by atoms with Crippen molar-refractivity contribution in [2.45, 2.75) is 19.1 Å². The van der Waals surface area contributed by atoms with Crippen molar-refractivity contribution in [1.29, 1.82) is 0 Å². The first-order valence-electron chi connectivity index (χ1n) is 3.64. The number of thiol groups is 1. The molecule has 0 spiro atoms. The maximum absolute atomic E-state index is 10.9. The van der Waals surface area contributed by atoms with E-state index in [9.17, 15) is 9.59 Å². The van der Waals surface area contributed by atoms with Gasteiger partial charge in [-0.15, -0.1) is 0 Å². The van der Waals surface area contributed by atoms with Crippen molar-refractivity contribution in [3.05, 3.63) is 0 Å². The zero-order valence-corrected chi connectivity index (χ0v) is 7.97. The monoisotopic (exact) mass is 192 g/mol. The number of ether oxygens (including phenoxy) is 2. The van der Waals surface area contributed by atoms with Crippen molar-refractivity contribution < 1.29 is 19.1 Å².